The summed E-state index contributed by atoms with van der Waals surface area (Å²) in [7, 11) is 1.66. The Labute approximate surface area is 115 Å². The van der Waals surface area contributed by atoms with Crippen molar-refractivity contribution in [1.82, 2.24) is 5.32 Å². The van der Waals surface area contributed by atoms with Crippen molar-refractivity contribution in [3.8, 4) is 0 Å². The first-order chi connectivity index (χ1) is 9.20. The molecule has 1 fully saturated rings. The number of aryl methyl sites for hydroxylation is 1. The summed E-state index contributed by atoms with van der Waals surface area (Å²) >= 11 is 0. The second kappa shape index (κ2) is 6.60. The van der Waals surface area contributed by atoms with Crippen molar-refractivity contribution < 1.29 is 4.79 Å². The lowest BCUT2D eigenvalue weighted by Gasteiger charge is -2.19. The molecule has 1 aromatic rings. The van der Waals surface area contributed by atoms with Gasteiger partial charge in [0.05, 0.1) is 0 Å². The predicted octanol–water partition coefficient (Wildman–Crippen LogP) is 3.49. The van der Waals surface area contributed by atoms with Gasteiger partial charge in [0, 0.05) is 24.3 Å². The Morgan fingerprint density at radius 2 is 1.84 bits per heavy atom. The summed E-state index contributed by atoms with van der Waals surface area (Å²) < 4.78 is 0. The number of benzene rings is 1. The third-order valence-corrected chi connectivity index (χ3v) is 3.93. The van der Waals surface area contributed by atoms with Gasteiger partial charge in [0.25, 0.3) is 5.91 Å². The molecule has 1 aromatic carbocycles. The highest BCUT2D eigenvalue weighted by atomic mass is 16.1. The largest absolute Gasteiger partial charge is 0.382 e. The molecule has 0 aliphatic heterocycles. The van der Waals surface area contributed by atoms with E-state index in [0.29, 0.717) is 6.04 Å². The van der Waals surface area contributed by atoms with Crippen LogP contribution in [0.15, 0.2) is 18.2 Å². The standard InChI is InChI=1S/C16H24N2O/c1-12-11-13(16(19)17-2)9-10-15(12)18-14-7-5-3-4-6-8-14/h9-11,14,18H,3-8H2,1-2H3,(H,17,19). The van der Waals surface area contributed by atoms with Crippen LogP contribution in [0.2, 0.25) is 0 Å². The van der Waals surface area contributed by atoms with E-state index in [1.54, 1.807) is 7.05 Å². The van der Waals surface area contributed by atoms with Gasteiger partial charge in [-0.1, -0.05) is 25.7 Å². The predicted molar refractivity (Wildman–Crippen MR) is 79.7 cm³/mol. The number of hydrogen-bond acceptors (Lipinski definition) is 2. The van der Waals surface area contributed by atoms with E-state index < -0.39 is 0 Å². The van der Waals surface area contributed by atoms with Crippen LogP contribution in [0, 0.1) is 6.92 Å². The van der Waals surface area contributed by atoms with Gasteiger partial charge in [0.1, 0.15) is 0 Å². The van der Waals surface area contributed by atoms with Crippen LogP contribution in [0.25, 0.3) is 0 Å². The van der Waals surface area contributed by atoms with E-state index in [1.807, 2.05) is 18.2 Å². The molecule has 3 nitrogen and oxygen atoms in total. The van der Waals surface area contributed by atoms with Crippen LogP contribution in [-0.4, -0.2) is 19.0 Å². The van der Waals surface area contributed by atoms with Crippen molar-refractivity contribution in [2.75, 3.05) is 12.4 Å². The smallest absolute Gasteiger partial charge is 0.251 e. The lowest BCUT2D eigenvalue weighted by atomic mass is 10.1. The molecule has 0 aromatic heterocycles. The highest BCUT2D eigenvalue weighted by molar-refractivity contribution is 5.94. The average molecular weight is 260 g/mol. The number of hydrogen-bond donors (Lipinski definition) is 2. The minimum atomic E-state index is -0.0240. The van der Waals surface area contributed by atoms with Gasteiger partial charge in [0.15, 0.2) is 0 Å². The lowest BCUT2D eigenvalue weighted by Crippen LogP contribution is -2.20. The first-order valence-corrected chi connectivity index (χ1v) is 7.30. The van der Waals surface area contributed by atoms with Crippen LogP contribution in [0.1, 0.15) is 54.4 Å². The molecule has 0 radical (unpaired) electrons. The normalized spacial score (nSPS) is 16.7. The molecule has 2 N–H and O–H groups in total. The third-order valence-electron chi connectivity index (χ3n) is 3.93. The molecule has 0 spiro atoms. The molecule has 1 aliphatic rings. The van der Waals surface area contributed by atoms with E-state index in [2.05, 4.69) is 17.6 Å². The van der Waals surface area contributed by atoms with E-state index in [-0.39, 0.29) is 5.91 Å². The quantitative estimate of drug-likeness (QED) is 0.817. The van der Waals surface area contributed by atoms with E-state index in [1.165, 1.54) is 44.2 Å². The second-order valence-electron chi connectivity index (χ2n) is 5.44. The van der Waals surface area contributed by atoms with Crippen molar-refractivity contribution in [3.63, 3.8) is 0 Å². The molecule has 0 atom stereocenters. The first-order valence-electron chi connectivity index (χ1n) is 7.30. The van der Waals surface area contributed by atoms with Crippen LogP contribution < -0.4 is 10.6 Å². The fraction of sp³-hybridized carbons (Fsp3) is 0.562. The molecule has 1 amide bonds. The van der Waals surface area contributed by atoms with Crippen molar-refractivity contribution in [2.24, 2.45) is 0 Å². The minimum Gasteiger partial charge on any atom is -0.382 e. The SMILES string of the molecule is CNC(=O)c1ccc(NC2CCCCCC2)c(C)c1. The van der Waals surface area contributed by atoms with E-state index >= 15 is 0 Å². The molecule has 0 saturated heterocycles. The summed E-state index contributed by atoms with van der Waals surface area (Å²) in [5, 5.41) is 6.30. The first kappa shape index (κ1) is 13.9. The molecule has 2 rings (SSSR count). The van der Waals surface area contributed by atoms with Gasteiger partial charge in [-0.3, -0.25) is 4.79 Å². The lowest BCUT2D eigenvalue weighted by molar-refractivity contribution is 0.0963. The highest BCUT2D eigenvalue weighted by Gasteiger charge is 2.13. The Balaban J connectivity index is 2.05. The highest BCUT2D eigenvalue weighted by Crippen LogP contribution is 2.23. The minimum absolute atomic E-state index is 0.0240. The number of amides is 1. The fourth-order valence-corrected chi connectivity index (χ4v) is 2.75. The van der Waals surface area contributed by atoms with E-state index in [9.17, 15) is 4.79 Å². The topological polar surface area (TPSA) is 41.1 Å². The summed E-state index contributed by atoms with van der Waals surface area (Å²) in [4.78, 5) is 11.6. The summed E-state index contributed by atoms with van der Waals surface area (Å²) in [6, 6.07) is 6.47. The molecule has 0 unspecified atom stereocenters. The van der Waals surface area contributed by atoms with Crippen LogP contribution in [0.4, 0.5) is 5.69 Å². The van der Waals surface area contributed by atoms with Crippen LogP contribution >= 0.6 is 0 Å². The summed E-state index contributed by atoms with van der Waals surface area (Å²) in [5.41, 5.74) is 3.04. The third kappa shape index (κ3) is 3.72. The van der Waals surface area contributed by atoms with E-state index in [4.69, 9.17) is 0 Å². The molecule has 0 heterocycles. The van der Waals surface area contributed by atoms with Crippen molar-refractivity contribution in [1.29, 1.82) is 0 Å². The van der Waals surface area contributed by atoms with Gasteiger partial charge in [-0.2, -0.15) is 0 Å². The zero-order valence-corrected chi connectivity index (χ0v) is 12.0. The summed E-state index contributed by atoms with van der Waals surface area (Å²) in [5.74, 6) is -0.0240. The maximum atomic E-state index is 11.6. The van der Waals surface area contributed by atoms with Crippen LogP contribution in [0.5, 0.6) is 0 Å². The van der Waals surface area contributed by atoms with Crippen molar-refractivity contribution in [2.45, 2.75) is 51.5 Å². The Hall–Kier alpha value is -1.51. The number of carbonyl (C=O) groups excluding carboxylic acids is 1. The molecule has 1 saturated carbocycles. The van der Waals surface area contributed by atoms with E-state index in [0.717, 1.165) is 11.1 Å². The fourth-order valence-electron chi connectivity index (χ4n) is 2.75. The maximum absolute atomic E-state index is 11.6. The van der Waals surface area contributed by atoms with Gasteiger partial charge >= 0.3 is 0 Å². The van der Waals surface area contributed by atoms with Gasteiger partial charge in [-0.15, -0.1) is 0 Å². The Kier molecular flexibility index (Phi) is 4.83. The van der Waals surface area contributed by atoms with Crippen LogP contribution in [0.3, 0.4) is 0 Å². The maximum Gasteiger partial charge on any atom is 0.251 e. The van der Waals surface area contributed by atoms with Crippen LogP contribution in [-0.2, 0) is 0 Å². The van der Waals surface area contributed by atoms with Crippen molar-refractivity contribution in [3.05, 3.63) is 29.3 Å². The molecular formula is C16H24N2O. The average Bonchev–Trinajstić information content (AvgIpc) is 2.68. The molecule has 0 bridgehead atoms. The number of rotatable bonds is 3. The summed E-state index contributed by atoms with van der Waals surface area (Å²) in [6.07, 6.45) is 7.91. The molecule has 19 heavy (non-hydrogen) atoms. The second-order valence-corrected chi connectivity index (χ2v) is 5.44. The van der Waals surface area contributed by atoms with Gasteiger partial charge < -0.3 is 10.6 Å². The monoisotopic (exact) mass is 260 g/mol. The molecule has 1 aliphatic carbocycles. The zero-order valence-electron chi connectivity index (χ0n) is 12.0. The molecule has 104 valence electrons. The van der Waals surface area contributed by atoms with Gasteiger partial charge in [0.2, 0.25) is 0 Å². The molecule has 3 heteroatoms. The Morgan fingerprint density at radius 3 is 2.42 bits per heavy atom. The number of anilines is 1. The Bertz CT molecular complexity index is 434. The molecular weight excluding hydrogens is 236 g/mol. The number of nitrogens with one attached hydrogen (secondary N) is 2. The zero-order chi connectivity index (χ0) is 13.7. The Morgan fingerprint density at radius 1 is 1.16 bits per heavy atom. The van der Waals surface area contributed by atoms with Gasteiger partial charge in [-0.05, 0) is 43.5 Å². The van der Waals surface area contributed by atoms with Gasteiger partial charge in [-0.25, -0.2) is 0 Å². The number of carbonyl (C=O) groups is 1. The summed E-state index contributed by atoms with van der Waals surface area (Å²) in [6.45, 7) is 2.06. The van der Waals surface area contributed by atoms with Crippen molar-refractivity contribution >= 4 is 11.6 Å².